The number of carbonyl (C=O) groups is 2. The molecule has 0 saturated carbocycles. The molecule has 0 unspecified atom stereocenters. The number of nitrogens with zero attached hydrogens (tertiary/aromatic N) is 2. The van der Waals surface area contributed by atoms with Crippen LogP contribution >= 0.6 is 0 Å². The molecular weight excluding hydrogens is 359 g/mol. The first kappa shape index (κ1) is 19.2. The number of anilines is 2. The monoisotopic (exact) mass is 378 g/mol. The zero-order chi connectivity index (χ0) is 20.1. The molecule has 1 aromatic heterocycles. The summed E-state index contributed by atoms with van der Waals surface area (Å²) >= 11 is 0. The lowest BCUT2D eigenvalue weighted by Gasteiger charge is -2.09. The summed E-state index contributed by atoms with van der Waals surface area (Å²) in [5, 5.41) is 5.79. The van der Waals surface area contributed by atoms with Crippen molar-refractivity contribution in [1.29, 1.82) is 0 Å². The van der Waals surface area contributed by atoms with E-state index in [4.69, 9.17) is 0 Å². The molecule has 1 amide bonds. The maximum atomic E-state index is 13.0. The number of carbonyl (C=O) groups excluding carboxylic acids is 2. The van der Waals surface area contributed by atoms with Gasteiger partial charge in [-0.05, 0) is 61.9 Å². The maximum absolute atomic E-state index is 13.0. The minimum atomic E-state index is -0.357. The smallest absolute Gasteiger partial charge is 0.270 e. The minimum Gasteiger partial charge on any atom is -0.347 e. The highest BCUT2D eigenvalue weighted by atomic mass is 19.1. The fourth-order valence-corrected chi connectivity index (χ4v) is 2.53. The lowest BCUT2D eigenvalue weighted by atomic mass is 10.1. The molecule has 2 N–H and O–H groups in total. The van der Waals surface area contributed by atoms with Crippen LogP contribution in [0.25, 0.3) is 0 Å². The second kappa shape index (κ2) is 8.39. The third-order valence-corrected chi connectivity index (χ3v) is 4.00. The van der Waals surface area contributed by atoms with Gasteiger partial charge >= 0.3 is 0 Å². The number of Topliss-reactive ketones (excluding diaryl/α,β-unsaturated/α-hetero) is 1. The van der Waals surface area contributed by atoms with E-state index in [1.165, 1.54) is 19.1 Å². The fraction of sp³-hybridized carbons (Fsp3) is 0.143. The van der Waals surface area contributed by atoms with Gasteiger partial charge < -0.3 is 10.6 Å². The average Bonchev–Trinajstić information content (AvgIpc) is 2.67. The quantitative estimate of drug-likeness (QED) is 0.638. The van der Waals surface area contributed by atoms with E-state index in [2.05, 4.69) is 20.6 Å². The van der Waals surface area contributed by atoms with Crippen molar-refractivity contribution >= 4 is 23.3 Å². The number of aromatic nitrogens is 2. The molecule has 142 valence electrons. The molecule has 1 heterocycles. The van der Waals surface area contributed by atoms with Gasteiger partial charge in [-0.25, -0.2) is 14.4 Å². The molecule has 2 aromatic carbocycles. The summed E-state index contributed by atoms with van der Waals surface area (Å²) in [6.45, 7) is 3.53. The zero-order valence-corrected chi connectivity index (χ0v) is 15.5. The lowest BCUT2D eigenvalue weighted by molar-refractivity contribution is 0.0945. The number of aryl methyl sites for hydroxylation is 1. The summed E-state index contributed by atoms with van der Waals surface area (Å²) in [5.41, 5.74) is 2.94. The van der Waals surface area contributed by atoms with E-state index in [0.717, 1.165) is 5.56 Å². The number of benzene rings is 2. The van der Waals surface area contributed by atoms with Crippen LogP contribution in [0.4, 0.5) is 16.0 Å². The van der Waals surface area contributed by atoms with Crippen molar-refractivity contribution < 1.29 is 14.0 Å². The largest absolute Gasteiger partial charge is 0.347 e. The molecule has 0 aliphatic rings. The molecule has 28 heavy (non-hydrogen) atoms. The Morgan fingerprint density at radius 2 is 1.68 bits per heavy atom. The van der Waals surface area contributed by atoms with E-state index in [1.807, 2.05) is 0 Å². The number of amides is 1. The molecule has 0 aliphatic carbocycles. The molecule has 0 radical (unpaired) electrons. The van der Waals surface area contributed by atoms with Crippen LogP contribution in [-0.2, 0) is 6.54 Å². The first-order chi connectivity index (χ1) is 13.4. The summed E-state index contributed by atoms with van der Waals surface area (Å²) < 4.78 is 13.0. The number of hydrogen-bond acceptors (Lipinski definition) is 5. The predicted octanol–water partition coefficient (Wildman–Crippen LogP) is 3.80. The van der Waals surface area contributed by atoms with Crippen LogP contribution in [-0.4, -0.2) is 21.7 Å². The van der Waals surface area contributed by atoms with Gasteiger partial charge in [0.25, 0.3) is 5.91 Å². The number of ketones is 1. The fourth-order valence-electron chi connectivity index (χ4n) is 2.53. The maximum Gasteiger partial charge on any atom is 0.270 e. The number of hydrogen-bond donors (Lipinski definition) is 2. The van der Waals surface area contributed by atoms with Gasteiger partial charge in [0.1, 0.15) is 11.5 Å². The molecule has 0 fully saturated rings. The van der Waals surface area contributed by atoms with E-state index in [0.29, 0.717) is 16.9 Å². The highest BCUT2D eigenvalue weighted by Crippen LogP contribution is 2.15. The van der Waals surface area contributed by atoms with Gasteiger partial charge in [-0.15, -0.1) is 0 Å². The summed E-state index contributed by atoms with van der Waals surface area (Å²) in [4.78, 5) is 32.3. The van der Waals surface area contributed by atoms with Crippen molar-refractivity contribution in [1.82, 2.24) is 15.3 Å². The molecular formula is C21H19FN4O2. The van der Waals surface area contributed by atoms with Crippen molar-refractivity contribution in [3.8, 4) is 0 Å². The van der Waals surface area contributed by atoms with Crippen LogP contribution in [0.5, 0.6) is 0 Å². The predicted molar refractivity (Wildman–Crippen MR) is 104 cm³/mol. The van der Waals surface area contributed by atoms with Gasteiger partial charge in [-0.3, -0.25) is 9.59 Å². The summed E-state index contributed by atoms with van der Waals surface area (Å²) in [7, 11) is 0. The van der Waals surface area contributed by atoms with Crippen LogP contribution in [0.2, 0.25) is 0 Å². The van der Waals surface area contributed by atoms with Gasteiger partial charge in [0, 0.05) is 23.5 Å². The van der Waals surface area contributed by atoms with E-state index in [9.17, 15) is 14.0 Å². The average molecular weight is 378 g/mol. The Bertz CT molecular complexity index is 1000. The Labute approximate surface area is 161 Å². The Morgan fingerprint density at radius 3 is 2.32 bits per heavy atom. The van der Waals surface area contributed by atoms with Crippen LogP contribution in [0.1, 0.15) is 39.0 Å². The van der Waals surface area contributed by atoms with E-state index in [-0.39, 0.29) is 35.7 Å². The number of rotatable bonds is 6. The zero-order valence-electron chi connectivity index (χ0n) is 15.5. The Hall–Kier alpha value is -3.61. The topological polar surface area (TPSA) is 84.0 Å². The van der Waals surface area contributed by atoms with Gasteiger partial charge in [-0.2, -0.15) is 0 Å². The second-order valence-electron chi connectivity index (χ2n) is 6.29. The summed E-state index contributed by atoms with van der Waals surface area (Å²) in [6.07, 6.45) is 0. The third kappa shape index (κ3) is 4.97. The molecule has 3 rings (SSSR count). The Morgan fingerprint density at radius 1 is 1.00 bits per heavy atom. The van der Waals surface area contributed by atoms with Crippen LogP contribution in [0, 0.1) is 12.7 Å². The van der Waals surface area contributed by atoms with Crippen LogP contribution < -0.4 is 10.6 Å². The Kier molecular flexibility index (Phi) is 5.74. The molecule has 6 nitrogen and oxygen atoms in total. The molecule has 7 heteroatoms. The molecule has 3 aromatic rings. The summed E-state index contributed by atoms with van der Waals surface area (Å²) in [5.74, 6) is -0.417. The van der Waals surface area contributed by atoms with Gasteiger partial charge in [0.2, 0.25) is 5.95 Å². The van der Waals surface area contributed by atoms with Crippen LogP contribution in [0.3, 0.4) is 0 Å². The minimum absolute atomic E-state index is 0.0153. The lowest BCUT2D eigenvalue weighted by Crippen LogP contribution is -2.24. The standard InChI is InChI=1S/C21H19FN4O2/c1-13-11-19(20(28)23-12-15-3-7-17(22)8-4-15)26-21(24-13)25-18-9-5-16(6-10-18)14(2)27/h3-11H,12H2,1-2H3,(H,23,28)(H,24,25,26). The highest BCUT2D eigenvalue weighted by molar-refractivity contribution is 5.94. The third-order valence-electron chi connectivity index (χ3n) is 4.00. The van der Waals surface area contributed by atoms with Crippen molar-refractivity contribution in [2.75, 3.05) is 5.32 Å². The summed E-state index contributed by atoms with van der Waals surface area (Å²) in [6, 6.07) is 14.4. The molecule has 0 saturated heterocycles. The van der Waals surface area contributed by atoms with Crippen molar-refractivity contribution in [3.63, 3.8) is 0 Å². The van der Waals surface area contributed by atoms with E-state index >= 15 is 0 Å². The second-order valence-corrected chi connectivity index (χ2v) is 6.29. The first-order valence-electron chi connectivity index (χ1n) is 8.67. The SMILES string of the molecule is CC(=O)c1ccc(Nc2nc(C)cc(C(=O)NCc3ccc(F)cc3)n2)cc1. The normalized spacial score (nSPS) is 10.4. The van der Waals surface area contributed by atoms with Gasteiger partial charge in [-0.1, -0.05) is 12.1 Å². The molecule has 0 spiro atoms. The Balaban J connectivity index is 1.70. The van der Waals surface area contributed by atoms with Crippen molar-refractivity contribution in [3.05, 3.63) is 82.9 Å². The number of halogens is 1. The van der Waals surface area contributed by atoms with Crippen molar-refractivity contribution in [2.24, 2.45) is 0 Å². The highest BCUT2D eigenvalue weighted by Gasteiger charge is 2.11. The number of nitrogens with one attached hydrogen (secondary N) is 2. The molecule has 0 bridgehead atoms. The van der Waals surface area contributed by atoms with E-state index < -0.39 is 0 Å². The molecule has 0 atom stereocenters. The first-order valence-corrected chi connectivity index (χ1v) is 8.67. The van der Waals surface area contributed by atoms with Crippen LogP contribution in [0.15, 0.2) is 54.6 Å². The van der Waals surface area contributed by atoms with E-state index in [1.54, 1.807) is 49.4 Å². The van der Waals surface area contributed by atoms with Crippen molar-refractivity contribution in [2.45, 2.75) is 20.4 Å². The molecule has 0 aliphatic heterocycles. The van der Waals surface area contributed by atoms with Gasteiger partial charge in [0.05, 0.1) is 0 Å². The van der Waals surface area contributed by atoms with Gasteiger partial charge in [0.15, 0.2) is 5.78 Å².